The molecule has 0 aliphatic carbocycles. The average molecular weight is 172 g/mol. The fraction of sp³-hybridized carbons (Fsp3) is 0.667. The van der Waals surface area contributed by atoms with E-state index in [2.05, 4.69) is 11.3 Å². The van der Waals surface area contributed by atoms with Crippen molar-refractivity contribution >= 4 is 5.78 Å². The van der Waals surface area contributed by atoms with Gasteiger partial charge in [0.15, 0.2) is 5.78 Å². The molecule has 0 spiro atoms. The first-order valence-corrected chi connectivity index (χ1v) is 4.00. The smallest absolute Gasteiger partial charge is 0.183 e. The van der Waals surface area contributed by atoms with Crippen molar-refractivity contribution in [2.24, 2.45) is 0 Å². The second-order valence-electron chi connectivity index (χ2n) is 2.46. The van der Waals surface area contributed by atoms with E-state index in [1.165, 1.54) is 7.11 Å². The van der Waals surface area contributed by atoms with Crippen LogP contribution >= 0.6 is 0 Å². The number of hydrogen-bond acceptors (Lipinski definition) is 3. The molecule has 0 N–H and O–H groups in total. The standard InChI is InChI=1S/C9H16O3/c1-3-4-5-6-12-8-9(10)7-11-2/h3H,1,4-8H2,2H3. The molecular formula is C9H16O3. The fourth-order valence-electron chi connectivity index (χ4n) is 0.718. The van der Waals surface area contributed by atoms with Gasteiger partial charge in [-0.1, -0.05) is 6.08 Å². The summed E-state index contributed by atoms with van der Waals surface area (Å²) in [6.07, 6.45) is 3.68. The molecule has 0 heterocycles. The van der Waals surface area contributed by atoms with Crippen molar-refractivity contribution in [3.63, 3.8) is 0 Å². The molecule has 12 heavy (non-hydrogen) atoms. The molecule has 0 saturated carbocycles. The maximum absolute atomic E-state index is 10.8. The van der Waals surface area contributed by atoms with Crippen molar-refractivity contribution in [2.75, 3.05) is 26.9 Å². The van der Waals surface area contributed by atoms with Crippen LogP contribution < -0.4 is 0 Å². The van der Waals surface area contributed by atoms with E-state index < -0.39 is 0 Å². The lowest BCUT2D eigenvalue weighted by Crippen LogP contribution is -2.14. The minimum Gasteiger partial charge on any atom is -0.377 e. The summed E-state index contributed by atoms with van der Waals surface area (Å²) >= 11 is 0. The quantitative estimate of drug-likeness (QED) is 0.407. The summed E-state index contributed by atoms with van der Waals surface area (Å²) in [5, 5.41) is 0. The van der Waals surface area contributed by atoms with Crippen LogP contribution in [0.1, 0.15) is 12.8 Å². The Hall–Kier alpha value is -0.670. The molecule has 3 nitrogen and oxygen atoms in total. The third-order valence-electron chi connectivity index (χ3n) is 1.27. The molecule has 0 amide bonds. The number of carbonyl (C=O) groups is 1. The summed E-state index contributed by atoms with van der Waals surface area (Å²) in [6.45, 7) is 4.49. The number of hydrogen-bond donors (Lipinski definition) is 0. The summed E-state index contributed by atoms with van der Waals surface area (Å²) in [5.74, 6) is -0.0175. The summed E-state index contributed by atoms with van der Waals surface area (Å²) in [4.78, 5) is 10.8. The van der Waals surface area contributed by atoms with Crippen LogP contribution in [0.25, 0.3) is 0 Å². The van der Waals surface area contributed by atoms with Gasteiger partial charge in [0.1, 0.15) is 13.2 Å². The van der Waals surface area contributed by atoms with Crippen molar-refractivity contribution in [2.45, 2.75) is 12.8 Å². The van der Waals surface area contributed by atoms with Crippen LogP contribution in [-0.2, 0) is 14.3 Å². The van der Waals surface area contributed by atoms with Crippen LogP contribution in [0.4, 0.5) is 0 Å². The number of methoxy groups -OCH3 is 1. The van der Waals surface area contributed by atoms with Gasteiger partial charge in [-0.25, -0.2) is 0 Å². The number of ketones is 1. The molecule has 0 rings (SSSR count). The largest absolute Gasteiger partial charge is 0.377 e. The van der Waals surface area contributed by atoms with Crippen molar-refractivity contribution in [3.05, 3.63) is 12.7 Å². The van der Waals surface area contributed by atoms with Gasteiger partial charge >= 0.3 is 0 Å². The van der Waals surface area contributed by atoms with Gasteiger partial charge in [-0.2, -0.15) is 0 Å². The van der Waals surface area contributed by atoms with E-state index in [1.807, 2.05) is 6.08 Å². The van der Waals surface area contributed by atoms with Crippen LogP contribution in [0.5, 0.6) is 0 Å². The van der Waals surface area contributed by atoms with Gasteiger partial charge < -0.3 is 9.47 Å². The van der Waals surface area contributed by atoms with Crippen molar-refractivity contribution in [1.29, 1.82) is 0 Å². The van der Waals surface area contributed by atoms with Gasteiger partial charge in [-0.3, -0.25) is 4.79 Å². The van der Waals surface area contributed by atoms with E-state index in [9.17, 15) is 4.79 Å². The lowest BCUT2D eigenvalue weighted by Gasteiger charge is -2.01. The monoisotopic (exact) mass is 172 g/mol. The zero-order valence-electron chi connectivity index (χ0n) is 7.54. The Labute approximate surface area is 73.4 Å². The number of ether oxygens (including phenoxy) is 2. The molecule has 0 aromatic heterocycles. The maximum atomic E-state index is 10.8. The van der Waals surface area contributed by atoms with Crippen LogP contribution in [0, 0.1) is 0 Å². The Morgan fingerprint density at radius 1 is 1.50 bits per heavy atom. The zero-order chi connectivity index (χ0) is 9.23. The Morgan fingerprint density at radius 3 is 2.83 bits per heavy atom. The molecule has 0 aliphatic rings. The highest BCUT2D eigenvalue weighted by Gasteiger charge is 1.99. The van der Waals surface area contributed by atoms with Gasteiger partial charge in [0.2, 0.25) is 0 Å². The molecule has 0 fully saturated rings. The highest BCUT2D eigenvalue weighted by atomic mass is 16.5. The third-order valence-corrected chi connectivity index (χ3v) is 1.27. The molecule has 0 radical (unpaired) electrons. The number of carbonyl (C=O) groups excluding carboxylic acids is 1. The summed E-state index contributed by atoms with van der Waals surface area (Å²) in [5.41, 5.74) is 0. The second kappa shape index (κ2) is 8.43. The van der Waals surface area contributed by atoms with Crippen LogP contribution in [0.3, 0.4) is 0 Å². The second-order valence-corrected chi connectivity index (χ2v) is 2.46. The van der Waals surface area contributed by atoms with E-state index in [0.29, 0.717) is 6.61 Å². The first kappa shape index (κ1) is 11.3. The first-order valence-electron chi connectivity index (χ1n) is 4.00. The van der Waals surface area contributed by atoms with Gasteiger partial charge in [0.05, 0.1) is 0 Å². The van der Waals surface area contributed by atoms with E-state index in [-0.39, 0.29) is 19.0 Å². The normalized spacial score (nSPS) is 9.75. The summed E-state index contributed by atoms with van der Waals surface area (Å²) < 4.78 is 9.71. The SMILES string of the molecule is C=CCCCOCC(=O)COC. The number of allylic oxidation sites excluding steroid dienone is 1. The Kier molecular flexibility index (Phi) is 7.96. The molecule has 0 aromatic carbocycles. The Balaban J connectivity index is 3.08. The van der Waals surface area contributed by atoms with Gasteiger partial charge in [0.25, 0.3) is 0 Å². The van der Waals surface area contributed by atoms with Crippen molar-refractivity contribution in [3.8, 4) is 0 Å². The van der Waals surface area contributed by atoms with E-state index in [4.69, 9.17) is 4.74 Å². The zero-order valence-corrected chi connectivity index (χ0v) is 7.54. The maximum Gasteiger partial charge on any atom is 0.183 e. The minimum absolute atomic E-state index is 0.0175. The van der Waals surface area contributed by atoms with Crippen LogP contribution in [0.2, 0.25) is 0 Å². The first-order chi connectivity index (χ1) is 5.81. The minimum atomic E-state index is -0.0175. The molecule has 0 saturated heterocycles. The summed E-state index contributed by atoms with van der Waals surface area (Å²) in [7, 11) is 1.50. The Morgan fingerprint density at radius 2 is 2.25 bits per heavy atom. The molecule has 0 unspecified atom stereocenters. The highest BCUT2D eigenvalue weighted by molar-refractivity contribution is 5.80. The van der Waals surface area contributed by atoms with Gasteiger partial charge in [-0.05, 0) is 12.8 Å². The molecule has 3 heteroatoms. The molecular weight excluding hydrogens is 156 g/mol. The number of rotatable bonds is 8. The predicted octanol–water partition coefficient (Wildman–Crippen LogP) is 1.18. The molecule has 0 aromatic rings. The predicted molar refractivity (Wildman–Crippen MR) is 47.1 cm³/mol. The number of Topliss-reactive ketones (excluding diaryl/α,β-unsaturated/α-hetero) is 1. The van der Waals surface area contributed by atoms with E-state index in [1.54, 1.807) is 0 Å². The molecule has 0 atom stereocenters. The van der Waals surface area contributed by atoms with Crippen LogP contribution in [0.15, 0.2) is 12.7 Å². The fourth-order valence-corrected chi connectivity index (χ4v) is 0.718. The Bertz CT molecular complexity index is 132. The number of unbranched alkanes of at least 4 members (excludes halogenated alkanes) is 1. The highest BCUT2D eigenvalue weighted by Crippen LogP contribution is 1.90. The third kappa shape index (κ3) is 7.44. The van der Waals surface area contributed by atoms with E-state index >= 15 is 0 Å². The van der Waals surface area contributed by atoms with Crippen LogP contribution in [-0.4, -0.2) is 32.7 Å². The molecule has 0 bridgehead atoms. The average Bonchev–Trinajstić information content (AvgIpc) is 2.05. The molecule has 0 aliphatic heterocycles. The molecule has 70 valence electrons. The van der Waals surface area contributed by atoms with Crippen molar-refractivity contribution in [1.82, 2.24) is 0 Å². The topological polar surface area (TPSA) is 35.5 Å². The van der Waals surface area contributed by atoms with Crippen molar-refractivity contribution < 1.29 is 14.3 Å². The van der Waals surface area contributed by atoms with E-state index in [0.717, 1.165) is 12.8 Å². The summed E-state index contributed by atoms with van der Waals surface area (Å²) in [6, 6.07) is 0. The van der Waals surface area contributed by atoms with Gasteiger partial charge in [0, 0.05) is 13.7 Å². The lowest BCUT2D eigenvalue weighted by atomic mass is 10.3. The van der Waals surface area contributed by atoms with Gasteiger partial charge in [-0.15, -0.1) is 6.58 Å². The lowest BCUT2D eigenvalue weighted by molar-refractivity contribution is -0.127.